The highest BCUT2D eigenvalue weighted by atomic mass is 79.9. The van der Waals surface area contributed by atoms with E-state index in [1.807, 2.05) is 26.0 Å². The number of aliphatic hydroxyl groups excluding tert-OH is 1. The summed E-state index contributed by atoms with van der Waals surface area (Å²) in [6.45, 7) is 4.00. The number of aryl methyl sites for hydroxylation is 1. The van der Waals surface area contributed by atoms with E-state index in [9.17, 15) is 5.11 Å². The van der Waals surface area contributed by atoms with Crippen molar-refractivity contribution in [2.45, 2.75) is 20.0 Å². The van der Waals surface area contributed by atoms with Crippen LogP contribution < -0.4 is 4.74 Å². The zero-order chi connectivity index (χ0) is 13.3. The molecule has 3 nitrogen and oxygen atoms in total. The Morgan fingerprint density at radius 2 is 1.94 bits per heavy atom. The molecule has 0 amide bonds. The Labute approximate surface area is 115 Å². The van der Waals surface area contributed by atoms with Crippen LogP contribution in [0.2, 0.25) is 0 Å². The molecule has 0 saturated heterocycles. The Morgan fingerprint density at radius 3 is 2.50 bits per heavy atom. The van der Waals surface area contributed by atoms with E-state index in [1.54, 1.807) is 13.2 Å². The molecule has 0 saturated carbocycles. The van der Waals surface area contributed by atoms with Gasteiger partial charge in [0.25, 0.3) is 0 Å². The maximum atomic E-state index is 10.4. The number of methoxy groups -OCH3 is 1. The molecule has 2 rings (SSSR count). The monoisotopic (exact) mass is 310 g/mol. The average molecular weight is 311 g/mol. The summed E-state index contributed by atoms with van der Waals surface area (Å²) in [4.78, 5) is 0. The van der Waals surface area contributed by atoms with Crippen LogP contribution in [0.3, 0.4) is 0 Å². The van der Waals surface area contributed by atoms with Crippen LogP contribution in [-0.4, -0.2) is 12.2 Å². The molecule has 0 aliphatic rings. The van der Waals surface area contributed by atoms with Crippen molar-refractivity contribution in [3.63, 3.8) is 0 Å². The number of hydrogen-bond acceptors (Lipinski definition) is 3. The van der Waals surface area contributed by atoms with Crippen LogP contribution in [-0.2, 0) is 0 Å². The van der Waals surface area contributed by atoms with Crippen LogP contribution in [0.5, 0.6) is 5.75 Å². The first-order valence-corrected chi connectivity index (χ1v) is 6.40. The zero-order valence-corrected chi connectivity index (χ0v) is 12.1. The summed E-state index contributed by atoms with van der Waals surface area (Å²) in [5.74, 6) is 0.718. The first-order chi connectivity index (χ1) is 8.56. The van der Waals surface area contributed by atoms with E-state index in [4.69, 9.17) is 9.15 Å². The largest absolute Gasteiger partial charge is 0.496 e. The van der Waals surface area contributed by atoms with Gasteiger partial charge in [-0.25, -0.2) is 0 Å². The number of hydrogen-bond donors (Lipinski definition) is 1. The second-order valence-corrected chi connectivity index (χ2v) is 4.90. The molecular formula is C14H15BrO3. The Bertz CT molecular complexity index is 560. The molecule has 0 bridgehead atoms. The molecule has 0 spiro atoms. The highest BCUT2D eigenvalue weighted by Gasteiger charge is 2.21. The second-order valence-electron chi connectivity index (χ2n) is 4.18. The van der Waals surface area contributed by atoms with Crippen molar-refractivity contribution in [3.05, 3.63) is 51.4 Å². The van der Waals surface area contributed by atoms with E-state index < -0.39 is 6.10 Å². The minimum absolute atomic E-state index is 0.537. The topological polar surface area (TPSA) is 42.6 Å². The molecule has 0 fully saturated rings. The molecule has 2 aromatic rings. The van der Waals surface area contributed by atoms with Crippen molar-refractivity contribution < 1.29 is 14.3 Å². The second kappa shape index (κ2) is 5.16. The van der Waals surface area contributed by atoms with Crippen LogP contribution in [0.15, 0.2) is 33.5 Å². The van der Waals surface area contributed by atoms with Gasteiger partial charge in [0.15, 0.2) is 4.67 Å². The van der Waals surface area contributed by atoms with E-state index >= 15 is 0 Å². The van der Waals surface area contributed by atoms with Crippen LogP contribution in [0, 0.1) is 13.8 Å². The smallest absolute Gasteiger partial charge is 0.175 e. The lowest BCUT2D eigenvalue weighted by molar-refractivity contribution is 0.212. The predicted molar refractivity (Wildman–Crippen MR) is 72.9 cm³/mol. The number of ether oxygens (including phenoxy) is 1. The third-order valence-electron chi connectivity index (χ3n) is 3.15. The van der Waals surface area contributed by atoms with E-state index in [1.165, 1.54) is 6.26 Å². The highest BCUT2D eigenvalue weighted by Crippen LogP contribution is 2.36. The van der Waals surface area contributed by atoms with Crippen LogP contribution in [0.25, 0.3) is 0 Å². The molecule has 0 aliphatic carbocycles. The van der Waals surface area contributed by atoms with Gasteiger partial charge < -0.3 is 14.3 Å². The molecule has 1 N–H and O–H groups in total. The van der Waals surface area contributed by atoms with Crippen LogP contribution in [0.1, 0.15) is 28.4 Å². The third-order valence-corrected chi connectivity index (χ3v) is 3.79. The van der Waals surface area contributed by atoms with Gasteiger partial charge in [-0.3, -0.25) is 0 Å². The summed E-state index contributed by atoms with van der Waals surface area (Å²) in [6.07, 6.45) is 0.767. The molecule has 1 aromatic heterocycles. The van der Waals surface area contributed by atoms with Crippen molar-refractivity contribution in [1.82, 2.24) is 0 Å². The quantitative estimate of drug-likeness (QED) is 0.939. The van der Waals surface area contributed by atoms with Gasteiger partial charge in [0, 0.05) is 11.1 Å². The van der Waals surface area contributed by atoms with Gasteiger partial charge in [0.2, 0.25) is 0 Å². The highest BCUT2D eigenvalue weighted by molar-refractivity contribution is 9.10. The van der Waals surface area contributed by atoms with Crippen LogP contribution >= 0.6 is 15.9 Å². The van der Waals surface area contributed by atoms with Crippen molar-refractivity contribution in [3.8, 4) is 5.75 Å². The average Bonchev–Trinajstić information content (AvgIpc) is 2.78. The summed E-state index contributed by atoms with van der Waals surface area (Å²) in [5, 5.41) is 10.4. The zero-order valence-electron chi connectivity index (χ0n) is 10.5. The summed E-state index contributed by atoms with van der Waals surface area (Å²) in [5.41, 5.74) is 3.60. The number of rotatable bonds is 3. The summed E-state index contributed by atoms with van der Waals surface area (Å²) < 4.78 is 11.1. The lowest BCUT2D eigenvalue weighted by atomic mass is 9.98. The maximum absolute atomic E-state index is 10.4. The molecule has 1 aromatic carbocycles. The summed E-state index contributed by atoms with van der Waals surface area (Å²) in [6, 6.07) is 5.60. The number of halogens is 1. The number of benzene rings is 1. The Hall–Kier alpha value is -1.26. The lowest BCUT2D eigenvalue weighted by Crippen LogP contribution is -2.04. The van der Waals surface area contributed by atoms with Crippen LogP contribution in [0.4, 0.5) is 0 Å². The van der Waals surface area contributed by atoms with Gasteiger partial charge in [-0.2, -0.15) is 0 Å². The molecule has 0 radical (unpaired) electrons. The Balaban J connectivity index is 2.52. The first kappa shape index (κ1) is 13.2. The summed E-state index contributed by atoms with van der Waals surface area (Å²) in [7, 11) is 1.61. The number of furan rings is 1. The molecule has 1 atom stereocenters. The Morgan fingerprint density at radius 1 is 1.22 bits per heavy atom. The standard InChI is InChI=1S/C14H15BrO3/c1-8-4-5-10(13(17-3)9(8)2)12(16)11-6-7-18-14(11)15/h4-7,12,16H,1-3H3. The SMILES string of the molecule is COc1c(C(O)c2ccoc2Br)ccc(C)c1C. The predicted octanol–water partition coefficient (Wildman–Crippen LogP) is 3.75. The Kier molecular flexibility index (Phi) is 3.78. The normalized spacial score (nSPS) is 12.5. The van der Waals surface area contributed by atoms with Crippen molar-refractivity contribution >= 4 is 15.9 Å². The van der Waals surface area contributed by atoms with Crippen molar-refractivity contribution in [2.24, 2.45) is 0 Å². The van der Waals surface area contributed by atoms with Gasteiger partial charge in [-0.15, -0.1) is 0 Å². The molecule has 4 heteroatoms. The van der Waals surface area contributed by atoms with E-state index in [0.717, 1.165) is 22.4 Å². The fourth-order valence-corrected chi connectivity index (χ4v) is 2.42. The first-order valence-electron chi connectivity index (χ1n) is 5.61. The fourth-order valence-electron chi connectivity index (χ4n) is 1.96. The van der Waals surface area contributed by atoms with Gasteiger partial charge in [-0.1, -0.05) is 12.1 Å². The van der Waals surface area contributed by atoms with Gasteiger partial charge in [0.1, 0.15) is 11.9 Å². The minimum atomic E-state index is -0.771. The summed E-state index contributed by atoms with van der Waals surface area (Å²) >= 11 is 3.28. The van der Waals surface area contributed by atoms with Gasteiger partial charge in [0.05, 0.1) is 13.4 Å². The lowest BCUT2D eigenvalue weighted by Gasteiger charge is -2.17. The minimum Gasteiger partial charge on any atom is -0.496 e. The number of aliphatic hydroxyl groups is 1. The molecule has 0 aliphatic heterocycles. The molecule has 1 heterocycles. The molecule has 1 unspecified atom stereocenters. The van der Waals surface area contributed by atoms with Gasteiger partial charge in [-0.05, 0) is 47.0 Å². The molecular weight excluding hydrogens is 296 g/mol. The third kappa shape index (κ3) is 2.18. The fraction of sp³-hybridized carbons (Fsp3) is 0.286. The van der Waals surface area contributed by atoms with E-state index in [2.05, 4.69) is 15.9 Å². The van der Waals surface area contributed by atoms with Gasteiger partial charge >= 0.3 is 0 Å². The molecule has 96 valence electrons. The van der Waals surface area contributed by atoms with E-state index in [-0.39, 0.29) is 0 Å². The van der Waals surface area contributed by atoms with Crippen molar-refractivity contribution in [1.29, 1.82) is 0 Å². The maximum Gasteiger partial charge on any atom is 0.175 e. The van der Waals surface area contributed by atoms with E-state index in [0.29, 0.717) is 10.2 Å². The van der Waals surface area contributed by atoms with Crippen molar-refractivity contribution in [2.75, 3.05) is 7.11 Å². The molecule has 18 heavy (non-hydrogen) atoms.